The summed E-state index contributed by atoms with van der Waals surface area (Å²) in [5.41, 5.74) is 3.81. The maximum Gasteiger partial charge on any atom is 0.238 e. The van der Waals surface area contributed by atoms with Crippen molar-refractivity contribution in [1.29, 1.82) is 0 Å². The summed E-state index contributed by atoms with van der Waals surface area (Å²) in [6.07, 6.45) is 0.160. The van der Waals surface area contributed by atoms with Crippen LogP contribution in [-0.2, 0) is 9.59 Å². The van der Waals surface area contributed by atoms with Gasteiger partial charge in [-0.2, -0.15) is 0 Å². The van der Waals surface area contributed by atoms with E-state index in [9.17, 15) is 9.59 Å². The van der Waals surface area contributed by atoms with Crippen LogP contribution in [0.1, 0.15) is 24.5 Å². The fourth-order valence-corrected chi connectivity index (χ4v) is 4.24. The number of aryl methyl sites for hydroxylation is 2. The van der Waals surface area contributed by atoms with Crippen LogP contribution in [0.5, 0.6) is 0 Å². The van der Waals surface area contributed by atoms with E-state index in [0.29, 0.717) is 17.4 Å². The molecule has 1 fully saturated rings. The van der Waals surface area contributed by atoms with E-state index < -0.39 is 5.25 Å². The number of anilines is 1. The van der Waals surface area contributed by atoms with Crippen molar-refractivity contribution in [1.82, 2.24) is 4.90 Å². The molecule has 1 saturated heterocycles. The van der Waals surface area contributed by atoms with Gasteiger partial charge in [-0.05, 0) is 68.3 Å². The number of amides is 2. The van der Waals surface area contributed by atoms with Crippen molar-refractivity contribution in [2.24, 2.45) is 4.99 Å². The fourth-order valence-electron chi connectivity index (χ4n) is 2.81. The van der Waals surface area contributed by atoms with E-state index in [1.165, 1.54) is 17.3 Å². The molecule has 5 nitrogen and oxygen atoms in total. The topological polar surface area (TPSA) is 61.8 Å². The SMILES string of the molecule is CCN1C(=O)C[C@@H](C(=O)Nc2ccc(Br)cc2)SC1=Nc1ccc(C)c(C)c1. The van der Waals surface area contributed by atoms with Crippen LogP contribution in [0.4, 0.5) is 11.4 Å². The van der Waals surface area contributed by atoms with Crippen LogP contribution in [0.15, 0.2) is 51.9 Å². The van der Waals surface area contributed by atoms with Gasteiger partial charge in [0.2, 0.25) is 11.8 Å². The van der Waals surface area contributed by atoms with Crippen LogP contribution in [0.2, 0.25) is 0 Å². The van der Waals surface area contributed by atoms with Gasteiger partial charge in [0.15, 0.2) is 5.17 Å². The second-order valence-electron chi connectivity index (χ2n) is 6.61. The van der Waals surface area contributed by atoms with Crippen molar-refractivity contribution in [3.63, 3.8) is 0 Å². The average molecular weight is 460 g/mol. The zero-order chi connectivity index (χ0) is 20.3. The Bertz CT molecular complexity index is 928. The minimum Gasteiger partial charge on any atom is -0.325 e. The van der Waals surface area contributed by atoms with Crippen LogP contribution in [-0.4, -0.2) is 33.7 Å². The zero-order valence-corrected chi connectivity index (χ0v) is 18.4. The van der Waals surface area contributed by atoms with Crippen LogP contribution < -0.4 is 5.32 Å². The molecule has 2 amide bonds. The number of hydrogen-bond donors (Lipinski definition) is 1. The van der Waals surface area contributed by atoms with Gasteiger partial charge in [-0.25, -0.2) is 4.99 Å². The van der Waals surface area contributed by atoms with Gasteiger partial charge in [-0.3, -0.25) is 14.5 Å². The molecule has 1 aliphatic heterocycles. The number of rotatable bonds is 4. The Balaban J connectivity index is 1.82. The smallest absolute Gasteiger partial charge is 0.238 e. The number of carbonyl (C=O) groups excluding carboxylic acids is 2. The average Bonchev–Trinajstić information content (AvgIpc) is 2.66. The zero-order valence-electron chi connectivity index (χ0n) is 16.0. The number of nitrogens with zero attached hydrogens (tertiary/aromatic N) is 2. The van der Waals surface area contributed by atoms with Crippen molar-refractivity contribution >= 4 is 56.0 Å². The molecule has 2 aromatic rings. The lowest BCUT2D eigenvalue weighted by Gasteiger charge is -2.31. The third-order valence-corrected chi connectivity index (χ3v) is 6.29. The van der Waals surface area contributed by atoms with E-state index in [0.717, 1.165) is 15.7 Å². The molecule has 0 aliphatic carbocycles. The number of hydrogen-bond acceptors (Lipinski definition) is 4. The predicted octanol–water partition coefficient (Wildman–Crippen LogP) is 5.05. The molecule has 0 radical (unpaired) electrons. The highest BCUT2D eigenvalue weighted by molar-refractivity contribution is 9.10. The second-order valence-corrected chi connectivity index (χ2v) is 8.69. The van der Waals surface area contributed by atoms with Crippen LogP contribution in [0, 0.1) is 13.8 Å². The van der Waals surface area contributed by atoms with Gasteiger partial charge in [0.05, 0.1) is 5.69 Å². The molecular weight excluding hydrogens is 438 g/mol. The van der Waals surface area contributed by atoms with Gasteiger partial charge >= 0.3 is 0 Å². The summed E-state index contributed by atoms with van der Waals surface area (Å²) in [5.74, 6) is -0.274. The summed E-state index contributed by atoms with van der Waals surface area (Å²) < 4.78 is 0.939. The molecule has 3 rings (SSSR count). The highest BCUT2D eigenvalue weighted by atomic mass is 79.9. The minimum atomic E-state index is -0.510. The number of benzene rings is 2. The van der Waals surface area contributed by atoms with Crippen LogP contribution in [0.25, 0.3) is 0 Å². The quantitative estimate of drug-likeness (QED) is 0.695. The molecule has 1 heterocycles. The number of halogens is 1. The molecule has 1 aliphatic rings. The van der Waals surface area contributed by atoms with Gasteiger partial charge in [-0.15, -0.1) is 0 Å². The maximum atomic E-state index is 12.7. The van der Waals surface area contributed by atoms with Crippen LogP contribution in [0.3, 0.4) is 0 Å². The summed E-state index contributed by atoms with van der Waals surface area (Å²) in [6, 6.07) is 13.3. The molecule has 0 unspecified atom stereocenters. The Labute approximate surface area is 177 Å². The number of thioether (sulfide) groups is 1. The van der Waals surface area contributed by atoms with Crippen molar-refractivity contribution in [2.45, 2.75) is 32.4 Å². The van der Waals surface area contributed by atoms with Crippen molar-refractivity contribution < 1.29 is 9.59 Å². The van der Waals surface area contributed by atoms with Crippen molar-refractivity contribution in [3.05, 3.63) is 58.1 Å². The molecule has 0 spiro atoms. The number of nitrogens with one attached hydrogen (secondary N) is 1. The largest absolute Gasteiger partial charge is 0.325 e. The minimum absolute atomic E-state index is 0.0835. The van der Waals surface area contributed by atoms with E-state index in [4.69, 9.17) is 0 Å². The first-order chi connectivity index (χ1) is 13.4. The van der Waals surface area contributed by atoms with Gasteiger partial charge in [0.25, 0.3) is 0 Å². The fraction of sp³-hybridized carbons (Fsp3) is 0.286. The lowest BCUT2D eigenvalue weighted by Crippen LogP contribution is -2.45. The molecule has 2 aromatic carbocycles. The molecule has 0 bridgehead atoms. The Hall–Kier alpha value is -2.12. The van der Waals surface area contributed by atoms with Gasteiger partial charge in [0, 0.05) is 23.1 Å². The summed E-state index contributed by atoms with van der Waals surface area (Å²) >= 11 is 4.71. The summed E-state index contributed by atoms with van der Waals surface area (Å²) in [7, 11) is 0. The monoisotopic (exact) mass is 459 g/mol. The van der Waals surface area contributed by atoms with E-state index >= 15 is 0 Å². The molecule has 146 valence electrons. The molecule has 28 heavy (non-hydrogen) atoms. The first kappa shape index (κ1) is 20.6. The highest BCUT2D eigenvalue weighted by Crippen LogP contribution is 2.30. The molecular formula is C21H22BrN3O2S. The molecule has 0 aromatic heterocycles. The lowest BCUT2D eigenvalue weighted by molar-refractivity contribution is -0.129. The number of carbonyl (C=O) groups is 2. The second kappa shape index (κ2) is 8.92. The van der Waals surface area contributed by atoms with Gasteiger partial charge in [-0.1, -0.05) is 33.8 Å². The third kappa shape index (κ3) is 4.83. The third-order valence-electron chi connectivity index (χ3n) is 4.58. The summed E-state index contributed by atoms with van der Waals surface area (Å²) in [4.78, 5) is 31.6. The lowest BCUT2D eigenvalue weighted by atomic mass is 10.1. The van der Waals surface area contributed by atoms with E-state index in [1.807, 2.05) is 63.2 Å². The van der Waals surface area contributed by atoms with E-state index in [2.05, 4.69) is 26.2 Å². The Kier molecular flexibility index (Phi) is 6.57. The van der Waals surface area contributed by atoms with E-state index in [-0.39, 0.29) is 18.2 Å². The van der Waals surface area contributed by atoms with Crippen LogP contribution >= 0.6 is 27.7 Å². The summed E-state index contributed by atoms with van der Waals surface area (Å²) in [6.45, 7) is 6.52. The summed E-state index contributed by atoms with van der Waals surface area (Å²) in [5, 5.41) is 2.94. The maximum absolute atomic E-state index is 12.7. The standard InChI is InChI=1S/C21H22BrN3O2S/c1-4-25-19(26)12-18(20(27)23-16-9-6-15(22)7-10-16)28-21(25)24-17-8-5-13(2)14(3)11-17/h5-11,18H,4,12H2,1-3H3,(H,23,27)/t18-/m0/s1. The first-order valence-electron chi connectivity index (χ1n) is 9.06. The molecule has 1 atom stereocenters. The Morgan fingerprint density at radius 3 is 2.57 bits per heavy atom. The normalized spacial score (nSPS) is 18.4. The first-order valence-corrected chi connectivity index (χ1v) is 10.7. The predicted molar refractivity (Wildman–Crippen MR) is 119 cm³/mol. The highest BCUT2D eigenvalue weighted by Gasteiger charge is 2.35. The molecule has 7 heteroatoms. The number of aliphatic imine (C=N–C) groups is 1. The van der Waals surface area contributed by atoms with Gasteiger partial charge in [0.1, 0.15) is 5.25 Å². The van der Waals surface area contributed by atoms with Crippen molar-refractivity contribution in [3.8, 4) is 0 Å². The molecule has 1 N–H and O–H groups in total. The van der Waals surface area contributed by atoms with Gasteiger partial charge < -0.3 is 5.32 Å². The van der Waals surface area contributed by atoms with E-state index in [1.54, 1.807) is 4.90 Å². The van der Waals surface area contributed by atoms with Crippen molar-refractivity contribution in [2.75, 3.05) is 11.9 Å². The Morgan fingerprint density at radius 1 is 1.21 bits per heavy atom. The Morgan fingerprint density at radius 2 is 1.93 bits per heavy atom. The number of amidine groups is 1. The molecule has 0 saturated carbocycles.